The number of fused-ring (bicyclic) bond motifs is 2. The first-order chi connectivity index (χ1) is 13.2. The van der Waals surface area contributed by atoms with Crippen LogP contribution in [0.5, 0.6) is 0 Å². The van der Waals surface area contributed by atoms with Gasteiger partial charge in [-0.3, -0.25) is 0 Å². The molecule has 2 saturated heterocycles. The fourth-order valence-corrected chi connectivity index (χ4v) is 6.93. The van der Waals surface area contributed by atoms with E-state index in [1.165, 1.54) is 31.3 Å². The zero-order valence-electron chi connectivity index (χ0n) is 20.8. The predicted octanol–water partition coefficient (Wildman–Crippen LogP) is 7.52. The molecule has 2 nitrogen and oxygen atoms in total. The number of hydrogen-bond acceptors (Lipinski definition) is 2. The molecule has 1 aliphatic carbocycles. The van der Waals surface area contributed by atoms with E-state index in [1.54, 1.807) is 0 Å². The smallest absolute Gasteiger partial charge is 0.192 e. The second kappa shape index (κ2) is 7.64. The Morgan fingerprint density at radius 1 is 1.21 bits per heavy atom. The minimum absolute atomic E-state index is 0.0322. The van der Waals surface area contributed by atoms with Crippen LogP contribution in [0.15, 0.2) is 23.8 Å². The molecule has 7 atom stereocenters. The molecule has 0 aromatic heterocycles. The van der Waals surface area contributed by atoms with Crippen molar-refractivity contribution < 1.29 is 9.16 Å². The van der Waals surface area contributed by atoms with Gasteiger partial charge in [-0.2, -0.15) is 0 Å². The quantitative estimate of drug-likeness (QED) is 0.339. The maximum absolute atomic E-state index is 6.93. The molecule has 29 heavy (non-hydrogen) atoms. The van der Waals surface area contributed by atoms with Gasteiger partial charge >= 0.3 is 0 Å². The average molecular weight is 419 g/mol. The third kappa shape index (κ3) is 4.34. The lowest BCUT2D eigenvalue weighted by Gasteiger charge is -2.43. The Bertz CT molecular complexity index is 673. The van der Waals surface area contributed by atoms with Crippen LogP contribution in [0.4, 0.5) is 0 Å². The zero-order valence-corrected chi connectivity index (χ0v) is 21.8. The van der Waals surface area contributed by atoms with Gasteiger partial charge in [0.25, 0.3) is 0 Å². The van der Waals surface area contributed by atoms with Crippen LogP contribution in [-0.4, -0.2) is 25.6 Å². The van der Waals surface area contributed by atoms with E-state index in [9.17, 15) is 0 Å². The molecule has 3 rings (SSSR count). The van der Waals surface area contributed by atoms with Crippen LogP contribution in [0.3, 0.4) is 0 Å². The van der Waals surface area contributed by atoms with Crippen molar-refractivity contribution >= 4 is 8.32 Å². The van der Waals surface area contributed by atoms with E-state index < -0.39 is 8.32 Å². The Hall–Kier alpha value is -0.383. The molecule has 3 heteroatoms. The molecule has 2 aliphatic heterocycles. The number of hydrogen-bond donors (Lipinski definition) is 0. The topological polar surface area (TPSA) is 18.5 Å². The number of rotatable bonds is 5. The van der Waals surface area contributed by atoms with Crippen molar-refractivity contribution in [2.24, 2.45) is 23.7 Å². The summed E-state index contributed by atoms with van der Waals surface area (Å²) in [6.45, 7) is 23.5. The molecule has 0 saturated carbocycles. The first-order valence-electron chi connectivity index (χ1n) is 11.9. The molecule has 2 heterocycles. The molecule has 3 aliphatic rings. The van der Waals surface area contributed by atoms with Gasteiger partial charge in [0.2, 0.25) is 0 Å². The third-order valence-corrected chi connectivity index (χ3v) is 13.5. The Morgan fingerprint density at radius 2 is 1.83 bits per heavy atom. The van der Waals surface area contributed by atoms with E-state index in [0.29, 0.717) is 23.7 Å². The Morgan fingerprint density at radius 3 is 2.38 bits per heavy atom. The summed E-state index contributed by atoms with van der Waals surface area (Å²) in [5.74, 6) is 2.22. The molecule has 2 fully saturated rings. The average Bonchev–Trinajstić information content (AvgIpc) is 2.99. The second-order valence-electron chi connectivity index (χ2n) is 12.3. The molecule has 2 bridgehead atoms. The molecule has 0 aromatic rings. The SMILES string of the molecule is CC1=C[C@@H](O[Si](C)(C)C(C)(C)C)[C@@H]([C@@H](C)/C=C/C2C(C)C3(C)CCC2(C)O3)CC1. The van der Waals surface area contributed by atoms with Crippen LogP contribution in [0.1, 0.15) is 81.1 Å². The van der Waals surface area contributed by atoms with Gasteiger partial charge in [-0.05, 0) is 82.3 Å². The van der Waals surface area contributed by atoms with Gasteiger partial charge in [-0.15, -0.1) is 0 Å². The molecule has 4 unspecified atom stereocenters. The summed E-state index contributed by atoms with van der Waals surface area (Å²) in [7, 11) is -1.79. The Kier molecular flexibility index (Phi) is 6.13. The van der Waals surface area contributed by atoms with Crippen molar-refractivity contribution in [2.45, 2.75) is 117 Å². The summed E-state index contributed by atoms with van der Waals surface area (Å²) in [6, 6.07) is 0. The summed E-state index contributed by atoms with van der Waals surface area (Å²) < 4.78 is 13.4. The highest BCUT2D eigenvalue weighted by Gasteiger charge is 2.60. The fraction of sp³-hybridized carbons (Fsp3) is 0.846. The van der Waals surface area contributed by atoms with Crippen LogP contribution >= 0.6 is 0 Å². The van der Waals surface area contributed by atoms with E-state index >= 15 is 0 Å². The van der Waals surface area contributed by atoms with Gasteiger partial charge in [0.05, 0.1) is 17.3 Å². The largest absolute Gasteiger partial charge is 0.410 e. The van der Waals surface area contributed by atoms with Crippen molar-refractivity contribution in [3.8, 4) is 0 Å². The van der Waals surface area contributed by atoms with Crippen LogP contribution in [0.25, 0.3) is 0 Å². The standard InChI is InChI=1S/C26H46O2Si/c1-18-11-13-21(23(17-18)27-29(9,10)24(4,5)6)19(2)12-14-22-20(3)25(7)15-16-26(22,8)28-25/h12,14,17,19-23H,11,13,15-16H2,1-10H3/b14-12+/t19-,20?,21+,22?,23+,25?,26?/m0/s1. The van der Waals surface area contributed by atoms with E-state index in [0.717, 1.165) is 0 Å². The van der Waals surface area contributed by atoms with Gasteiger partial charge in [-0.1, -0.05) is 58.4 Å². The van der Waals surface area contributed by atoms with Gasteiger partial charge in [-0.25, -0.2) is 0 Å². The lowest BCUT2D eigenvalue weighted by molar-refractivity contribution is -0.0395. The lowest BCUT2D eigenvalue weighted by Crippen LogP contribution is -2.46. The van der Waals surface area contributed by atoms with E-state index in [1.807, 2.05) is 0 Å². The number of ether oxygens (including phenoxy) is 1. The minimum Gasteiger partial charge on any atom is -0.410 e. The maximum atomic E-state index is 6.93. The summed E-state index contributed by atoms with van der Waals surface area (Å²) in [6.07, 6.45) is 12.5. The first-order valence-corrected chi connectivity index (χ1v) is 14.8. The molecular weight excluding hydrogens is 372 g/mol. The van der Waals surface area contributed by atoms with Crippen LogP contribution < -0.4 is 0 Å². The van der Waals surface area contributed by atoms with Crippen LogP contribution in [0.2, 0.25) is 18.1 Å². The van der Waals surface area contributed by atoms with Crippen molar-refractivity contribution in [1.82, 2.24) is 0 Å². The molecule has 0 radical (unpaired) electrons. The molecule has 0 amide bonds. The van der Waals surface area contributed by atoms with E-state index in [-0.39, 0.29) is 22.3 Å². The van der Waals surface area contributed by atoms with E-state index in [4.69, 9.17) is 9.16 Å². The van der Waals surface area contributed by atoms with Crippen molar-refractivity contribution in [2.75, 3.05) is 0 Å². The normalized spacial score (nSPS) is 41.8. The summed E-state index contributed by atoms with van der Waals surface area (Å²) >= 11 is 0. The Labute approximate surface area is 181 Å². The zero-order chi connectivity index (χ0) is 21.8. The highest BCUT2D eigenvalue weighted by molar-refractivity contribution is 6.74. The first kappa shape index (κ1) is 23.3. The van der Waals surface area contributed by atoms with Crippen molar-refractivity contribution in [3.05, 3.63) is 23.8 Å². The van der Waals surface area contributed by atoms with E-state index in [2.05, 4.69) is 86.7 Å². The molecule has 0 N–H and O–H groups in total. The van der Waals surface area contributed by atoms with Crippen LogP contribution in [-0.2, 0) is 9.16 Å². The minimum atomic E-state index is -1.79. The third-order valence-electron chi connectivity index (χ3n) is 9.07. The monoisotopic (exact) mass is 418 g/mol. The predicted molar refractivity (Wildman–Crippen MR) is 127 cm³/mol. The Balaban J connectivity index is 1.75. The highest BCUT2D eigenvalue weighted by atomic mass is 28.4. The second-order valence-corrected chi connectivity index (χ2v) is 17.1. The molecule has 0 spiro atoms. The summed E-state index contributed by atoms with van der Waals surface area (Å²) in [5.41, 5.74) is 1.60. The maximum Gasteiger partial charge on any atom is 0.192 e. The van der Waals surface area contributed by atoms with Crippen LogP contribution in [0, 0.1) is 23.7 Å². The highest BCUT2D eigenvalue weighted by Crippen LogP contribution is 2.57. The molecule has 0 aromatic carbocycles. The summed E-state index contributed by atoms with van der Waals surface area (Å²) in [5, 5.41) is 0.246. The van der Waals surface area contributed by atoms with Gasteiger partial charge < -0.3 is 9.16 Å². The summed E-state index contributed by atoms with van der Waals surface area (Å²) in [4.78, 5) is 0. The van der Waals surface area contributed by atoms with Crippen molar-refractivity contribution in [1.29, 1.82) is 0 Å². The molecule has 166 valence electrons. The van der Waals surface area contributed by atoms with Gasteiger partial charge in [0.15, 0.2) is 8.32 Å². The fourth-order valence-electron chi connectivity index (χ4n) is 5.65. The van der Waals surface area contributed by atoms with Gasteiger partial charge in [0.1, 0.15) is 0 Å². The molecular formula is C26H46O2Si. The van der Waals surface area contributed by atoms with Gasteiger partial charge in [0, 0.05) is 5.92 Å². The van der Waals surface area contributed by atoms with Crippen molar-refractivity contribution in [3.63, 3.8) is 0 Å². The lowest BCUT2D eigenvalue weighted by atomic mass is 9.68. The number of allylic oxidation sites excluding steroid dienone is 2.